The molecule has 1 amide bonds. The summed E-state index contributed by atoms with van der Waals surface area (Å²) in [4.78, 5) is 14.2. The Bertz CT molecular complexity index is 233. The van der Waals surface area contributed by atoms with E-state index in [1.807, 2.05) is 0 Å². The first-order valence-corrected chi connectivity index (χ1v) is 6.47. The number of amides is 1. The van der Waals surface area contributed by atoms with Crippen molar-refractivity contribution in [3.8, 4) is 0 Å². The molecule has 1 aliphatic heterocycles. The van der Waals surface area contributed by atoms with Crippen LogP contribution in [0.3, 0.4) is 0 Å². The first-order chi connectivity index (χ1) is 7.18. The second kappa shape index (κ2) is 4.54. The van der Waals surface area contributed by atoms with Gasteiger partial charge in [-0.3, -0.25) is 4.79 Å². The van der Waals surface area contributed by atoms with Crippen LogP contribution in [0.5, 0.6) is 0 Å². The van der Waals surface area contributed by atoms with Gasteiger partial charge in [0.1, 0.15) is 0 Å². The first-order valence-electron chi connectivity index (χ1n) is 6.47. The zero-order valence-corrected chi connectivity index (χ0v) is 10.0. The molecule has 1 saturated carbocycles. The number of piperidine rings is 1. The second-order valence-corrected chi connectivity index (χ2v) is 5.56. The Morgan fingerprint density at radius 3 is 2.47 bits per heavy atom. The van der Waals surface area contributed by atoms with Crippen LogP contribution < -0.4 is 0 Å². The smallest absolute Gasteiger partial charge is 0.225 e. The van der Waals surface area contributed by atoms with Crippen LogP contribution in [-0.2, 0) is 4.79 Å². The summed E-state index contributed by atoms with van der Waals surface area (Å²) in [5.41, 5.74) is 0. The Kier molecular flexibility index (Phi) is 3.32. The SMILES string of the molecule is CC(C)C1CCCN(C(=O)C2CCC2)C1. The lowest BCUT2D eigenvalue weighted by atomic mass is 9.82. The Morgan fingerprint density at radius 2 is 1.93 bits per heavy atom. The molecule has 2 heteroatoms. The molecule has 15 heavy (non-hydrogen) atoms. The van der Waals surface area contributed by atoms with Crippen LogP contribution in [-0.4, -0.2) is 23.9 Å². The molecule has 0 aromatic carbocycles. The van der Waals surface area contributed by atoms with Crippen molar-refractivity contribution in [1.82, 2.24) is 4.90 Å². The molecule has 1 saturated heterocycles. The molecule has 0 radical (unpaired) electrons. The number of rotatable bonds is 2. The molecule has 0 aromatic rings. The minimum Gasteiger partial charge on any atom is -0.342 e. The van der Waals surface area contributed by atoms with Crippen molar-refractivity contribution in [3.63, 3.8) is 0 Å². The second-order valence-electron chi connectivity index (χ2n) is 5.56. The van der Waals surface area contributed by atoms with Gasteiger partial charge in [-0.25, -0.2) is 0 Å². The number of carbonyl (C=O) groups is 1. The van der Waals surface area contributed by atoms with Gasteiger partial charge in [0.15, 0.2) is 0 Å². The number of likely N-dealkylation sites (tertiary alicyclic amines) is 1. The highest BCUT2D eigenvalue weighted by atomic mass is 16.2. The third-order valence-corrected chi connectivity index (χ3v) is 4.17. The molecule has 2 aliphatic rings. The van der Waals surface area contributed by atoms with Crippen molar-refractivity contribution in [2.24, 2.45) is 17.8 Å². The van der Waals surface area contributed by atoms with Crippen molar-refractivity contribution >= 4 is 5.91 Å². The van der Waals surface area contributed by atoms with Gasteiger partial charge >= 0.3 is 0 Å². The van der Waals surface area contributed by atoms with E-state index in [4.69, 9.17) is 0 Å². The van der Waals surface area contributed by atoms with Gasteiger partial charge in [-0.1, -0.05) is 20.3 Å². The van der Waals surface area contributed by atoms with E-state index in [-0.39, 0.29) is 0 Å². The average Bonchev–Trinajstić information content (AvgIpc) is 2.15. The molecular weight excluding hydrogens is 186 g/mol. The average molecular weight is 209 g/mol. The van der Waals surface area contributed by atoms with Gasteiger partial charge in [0.05, 0.1) is 0 Å². The standard InChI is InChI=1S/C13H23NO/c1-10(2)12-7-4-8-14(9-12)13(15)11-5-3-6-11/h10-12H,3-9H2,1-2H3. The molecule has 1 aliphatic carbocycles. The fourth-order valence-corrected chi connectivity index (χ4v) is 2.67. The van der Waals surface area contributed by atoms with Gasteiger partial charge in [0.25, 0.3) is 0 Å². The summed E-state index contributed by atoms with van der Waals surface area (Å²) in [5, 5.41) is 0. The van der Waals surface area contributed by atoms with Crippen LogP contribution in [0.25, 0.3) is 0 Å². The number of hydrogen-bond acceptors (Lipinski definition) is 1. The molecule has 1 atom stereocenters. The van der Waals surface area contributed by atoms with Crippen LogP contribution >= 0.6 is 0 Å². The molecular formula is C13H23NO. The van der Waals surface area contributed by atoms with Crippen LogP contribution in [0, 0.1) is 17.8 Å². The summed E-state index contributed by atoms with van der Waals surface area (Å²) in [7, 11) is 0. The molecule has 1 unspecified atom stereocenters. The summed E-state index contributed by atoms with van der Waals surface area (Å²) in [5.74, 6) is 2.30. The van der Waals surface area contributed by atoms with Crippen molar-refractivity contribution in [3.05, 3.63) is 0 Å². The van der Waals surface area contributed by atoms with E-state index in [0.29, 0.717) is 11.8 Å². The van der Waals surface area contributed by atoms with E-state index >= 15 is 0 Å². The zero-order chi connectivity index (χ0) is 10.8. The fraction of sp³-hybridized carbons (Fsp3) is 0.923. The maximum Gasteiger partial charge on any atom is 0.225 e. The molecule has 2 fully saturated rings. The minimum absolute atomic E-state index is 0.385. The highest BCUT2D eigenvalue weighted by molar-refractivity contribution is 5.79. The highest BCUT2D eigenvalue weighted by Crippen LogP contribution is 2.31. The summed E-state index contributed by atoms with van der Waals surface area (Å²) in [6, 6.07) is 0. The summed E-state index contributed by atoms with van der Waals surface area (Å²) in [6.07, 6.45) is 6.06. The van der Waals surface area contributed by atoms with E-state index < -0.39 is 0 Å². The minimum atomic E-state index is 0.385. The van der Waals surface area contributed by atoms with E-state index in [1.165, 1.54) is 19.3 Å². The van der Waals surface area contributed by atoms with E-state index in [9.17, 15) is 4.79 Å². The van der Waals surface area contributed by atoms with Crippen LogP contribution in [0.4, 0.5) is 0 Å². The Labute approximate surface area is 93.0 Å². The lowest BCUT2D eigenvalue weighted by molar-refractivity contribution is -0.140. The van der Waals surface area contributed by atoms with Crippen LogP contribution in [0.1, 0.15) is 46.0 Å². The lowest BCUT2D eigenvalue weighted by Crippen LogP contribution is -2.45. The normalized spacial score (nSPS) is 27.9. The number of carbonyl (C=O) groups excluding carboxylic acids is 1. The van der Waals surface area contributed by atoms with Crippen LogP contribution in [0.2, 0.25) is 0 Å². The Balaban J connectivity index is 1.88. The van der Waals surface area contributed by atoms with Gasteiger partial charge in [-0.05, 0) is 37.5 Å². The molecule has 0 aromatic heterocycles. The Hall–Kier alpha value is -0.530. The van der Waals surface area contributed by atoms with E-state index in [0.717, 1.165) is 37.8 Å². The van der Waals surface area contributed by atoms with Crippen molar-refractivity contribution in [2.45, 2.75) is 46.0 Å². The highest BCUT2D eigenvalue weighted by Gasteiger charge is 2.32. The quantitative estimate of drug-likeness (QED) is 0.684. The molecule has 2 nitrogen and oxygen atoms in total. The Morgan fingerprint density at radius 1 is 1.20 bits per heavy atom. The van der Waals surface area contributed by atoms with Gasteiger partial charge in [-0.2, -0.15) is 0 Å². The number of nitrogens with zero attached hydrogens (tertiary/aromatic N) is 1. The summed E-state index contributed by atoms with van der Waals surface area (Å²) in [6.45, 7) is 6.59. The molecule has 86 valence electrons. The van der Waals surface area contributed by atoms with E-state index in [1.54, 1.807) is 0 Å². The summed E-state index contributed by atoms with van der Waals surface area (Å²) >= 11 is 0. The molecule has 0 bridgehead atoms. The molecule has 1 heterocycles. The van der Waals surface area contributed by atoms with Crippen molar-refractivity contribution in [2.75, 3.05) is 13.1 Å². The molecule has 0 spiro atoms. The third-order valence-electron chi connectivity index (χ3n) is 4.17. The predicted octanol–water partition coefficient (Wildman–Crippen LogP) is 2.68. The largest absolute Gasteiger partial charge is 0.342 e. The molecule has 2 rings (SSSR count). The van der Waals surface area contributed by atoms with Crippen molar-refractivity contribution in [1.29, 1.82) is 0 Å². The lowest BCUT2D eigenvalue weighted by Gasteiger charge is -2.38. The number of hydrogen-bond donors (Lipinski definition) is 0. The topological polar surface area (TPSA) is 20.3 Å². The zero-order valence-electron chi connectivity index (χ0n) is 10.0. The van der Waals surface area contributed by atoms with Gasteiger partial charge < -0.3 is 4.90 Å². The van der Waals surface area contributed by atoms with Crippen molar-refractivity contribution < 1.29 is 4.79 Å². The first kappa shape index (κ1) is 11.0. The third kappa shape index (κ3) is 2.35. The van der Waals surface area contributed by atoms with Gasteiger partial charge in [0.2, 0.25) is 5.91 Å². The predicted molar refractivity (Wildman–Crippen MR) is 61.5 cm³/mol. The maximum absolute atomic E-state index is 12.1. The fourth-order valence-electron chi connectivity index (χ4n) is 2.67. The monoisotopic (exact) mass is 209 g/mol. The van der Waals surface area contributed by atoms with Gasteiger partial charge in [-0.15, -0.1) is 0 Å². The van der Waals surface area contributed by atoms with E-state index in [2.05, 4.69) is 18.7 Å². The van der Waals surface area contributed by atoms with Gasteiger partial charge in [0, 0.05) is 19.0 Å². The van der Waals surface area contributed by atoms with Crippen LogP contribution in [0.15, 0.2) is 0 Å². The molecule has 0 N–H and O–H groups in total. The maximum atomic E-state index is 12.1. The summed E-state index contributed by atoms with van der Waals surface area (Å²) < 4.78 is 0.